The van der Waals surface area contributed by atoms with Gasteiger partial charge < -0.3 is 10.6 Å². The Bertz CT molecular complexity index is 757. The van der Waals surface area contributed by atoms with Gasteiger partial charge in [0.2, 0.25) is 0 Å². The summed E-state index contributed by atoms with van der Waals surface area (Å²) < 4.78 is 0. The number of amides is 1. The Morgan fingerprint density at radius 3 is 2.75 bits per heavy atom. The van der Waals surface area contributed by atoms with Crippen LogP contribution in [0.4, 0.5) is 11.4 Å². The van der Waals surface area contributed by atoms with Crippen LogP contribution < -0.4 is 10.6 Å². The highest BCUT2D eigenvalue weighted by molar-refractivity contribution is 5.97. The second kappa shape index (κ2) is 7.12. The third-order valence-corrected chi connectivity index (χ3v) is 4.19. The van der Waals surface area contributed by atoms with Crippen LogP contribution >= 0.6 is 0 Å². The van der Waals surface area contributed by atoms with Crippen LogP contribution in [-0.2, 0) is 12.8 Å². The topological polar surface area (TPSA) is 84.3 Å². The van der Waals surface area contributed by atoms with Gasteiger partial charge in [-0.15, -0.1) is 0 Å². The fraction of sp³-hybridized carbons (Fsp3) is 0.278. The molecule has 2 aromatic rings. The average molecular weight is 325 g/mol. The predicted octanol–water partition coefficient (Wildman–Crippen LogP) is 2.93. The van der Waals surface area contributed by atoms with Crippen molar-refractivity contribution in [1.29, 1.82) is 0 Å². The van der Waals surface area contributed by atoms with Crippen molar-refractivity contribution in [2.75, 3.05) is 18.4 Å². The number of nitrogens with one attached hydrogen (secondary N) is 2. The third kappa shape index (κ3) is 3.53. The number of nitrogens with zero attached hydrogens (tertiary/aromatic N) is 1. The summed E-state index contributed by atoms with van der Waals surface area (Å²) in [4.78, 5) is 22.6. The van der Waals surface area contributed by atoms with Crippen LogP contribution in [0.25, 0.3) is 0 Å². The Kier molecular flexibility index (Phi) is 4.74. The van der Waals surface area contributed by atoms with E-state index in [9.17, 15) is 14.9 Å². The lowest BCUT2D eigenvalue weighted by atomic mass is 9.97. The number of hydrogen-bond donors (Lipinski definition) is 2. The molecule has 124 valence electrons. The maximum atomic E-state index is 12.4. The van der Waals surface area contributed by atoms with Gasteiger partial charge in [-0.05, 0) is 42.5 Å². The first-order chi connectivity index (χ1) is 11.6. The minimum Gasteiger partial charge on any atom is -0.385 e. The number of benzene rings is 2. The Labute approximate surface area is 140 Å². The molecular formula is C18H19N3O3. The van der Waals surface area contributed by atoms with Crippen LogP contribution in [0.15, 0.2) is 42.5 Å². The van der Waals surface area contributed by atoms with Crippen LogP contribution in [0.1, 0.15) is 27.9 Å². The highest BCUT2D eigenvalue weighted by Gasteiger charge is 2.16. The summed E-state index contributed by atoms with van der Waals surface area (Å²) in [5.74, 6) is -0.0718. The molecule has 2 N–H and O–H groups in total. The van der Waals surface area contributed by atoms with Crippen molar-refractivity contribution >= 4 is 17.3 Å². The normalized spacial score (nSPS) is 12.8. The smallest absolute Gasteiger partial charge is 0.269 e. The van der Waals surface area contributed by atoms with Gasteiger partial charge in [0.05, 0.1) is 4.92 Å². The van der Waals surface area contributed by atoms with E-state index in [1.54, 1.807) is 12.1 Å². The minimum atomic E-state index is -0.419. The number of nitro groups is 1. The number of non-ortho nitro benzene ring substituents is 1. The molecule has 0 aliphatic carbocycles. The number of anilines is 1. The Morgan fingerprint density at radius 1 is 1.21 bits per heavy atom. The first kappa shape index (κ1) is 16.0. The molecule has 0 bridgehead atoms. The molecule has 0 spiro atoms. The lowest BCUT2D eigenvalue weighted by Gasteiger charge is -2.20. The van der Waals surface area contributed by atoms with Crippen LogP contribution in [0.5, 0.6) is 0 Å². The van der Waals surface area contributed by atoms with E-state index in [4.69, 9.17) is 0 Å². The number of nitro benzene ring substituents is 1. The van der Waals surface area contributed by atoms with Crippen molar-refractivity contribution in [2.45, 2.75) is 19.3 Å². The van der Waals surface area contributed by atoms with E-state index in [1.807, 2.05) is 18.2 Å². The van der Waals surface area contributed by atoms with Gasteiger partial charge in [0.1, 0.15) is 0 Å². The summed E-state index contributed by atoms with van der Waals surface area (Å²) >= 11 is 0. The number of fused-ring (bicyclic) bond motifs is 1. The van der Waals surface area contributed by atoms with Crippen molar-refractivity contribution in [3.63, 3.8) is 0 Å². The molecule has 0 saturated heterocycles. The highest BCUT2D eigenvalue weighted by atomic mass is 16.6. The second-order valence-electron chi connectivity index (χ2n) is 5.79. The van der Waals surface area contributed by atoms with Crippen molar-refractivity contribution in [2.24, 2.45) is 0 Å². The van der Waals surface area contributed by atoms with E-state index in [0.29, 0.717) is 13.0 Å². The van der Waals surface area contributed by atoms with Gasteiger partial charge in [0.25, 0.3) is 11.6 Å². The molecule has 6 nitrogen and oxygen atoms in total. The van der Waals surface area contributed by atoms with Gasteiger partial charge >= 0.3 is 0 Å². The predicted molar refractivity (Wildman–Crippen MR) is 92.4 cm³/mol. The SMILES string of the molecule is O=C(NCCc1ccc([N+](=O)[O-])cc1)c1cccc2c1CCCN2. The Morgan fingerprint density at radius 2 is 2.00 bits per heavy atom. The summed E-state index contributed by atoms with van der Waals surface area (Å²) in [5, 5.41) is 16.9. The molecule has 6 heteroatoms. The van der Waals surface area contributed by atoms with Crippen molar-refractivity contribution in [1.82, 2.24) is 5.32 Å². The zero-order valence-electron chi connectivity index (χ0n) is 13.2. The number of carbonyl (C=O) groups is 1. The lowest BCUT2D eigenvalue weighted by molar-refractivity contribution is -0.384. The fourth-order valence-electron chi connectivity index (χ4n) is 2.92. The van der Waals surface area contributed by atoms with Crippen LogP contribution in [0, 0.1) is 10.1 Å². The van der Waals surface area contributed by atoms with Gasteiger partial charge in [0, 0.05) is 36.5 Å². The lowest BCUT2D eigenvalue weighted by Crippen LogP contribution is -2.27. The van der Waals surface area contributed by atoms with Crippen LogP contribution in [0.2, 0.25) is 0 Å². The molecule has 1 aliphatic rings. The number of carbonyl (C=O) groups excluding carboxylic acids is 1. The maximum Gasteiger partial charge on any atom is 0.269 e. The van der Waals surface area contributed by atoms with E-state index in [2.05, 4.69) is 10.6 Å². The Balaban J connectivity index is 1.59. The second-order valence-corrected chi connectivity index (χ2v) is 5.79. The zero-order chi connectivity index (χ0) is 16.9. The quantitative estimate of drug-likeness (QED) is 0.654. The monoisotopic (exact) mass is 325 g/mol. The Hall–Kier alpha value is -2.89. The van der Waals surface area contributed by atoms with E-state index in [-0.39, 0.29) is 11.6 Å². The maximum absolute atomic E-state index is 12.4. The molecule has 0 fully saturated rings. The van der Waals surface area contributed by atoms with E-state index in [0.717, 1.165) is 41.8 Å². The van der Waals surface area contributed by atoms with Crippen molar-refractivity contribution < 1.29 is 9.72 Å². The van der Waals surface area contributed by atoms with Gasteiger partial charge in [-0.3, -0.25) is 14.9 Å². The van der Waals surface area contributed by atoms with Gasteiger partial charge in [0.15, 0.2) is 0 Å². The first-order valence-electron chi connectivity index (χ1n) is 8.02. The molecule has 1 aliphatic heterocycles. The molecule has 2 aromatic carbocycles. The molecule has 1 heterocycles. The summed E-state index contributed by atoms with van der Waals surface area (Å²) in [5.41, 5.74) is 3.88. The third-order valence-electron chi connectivity index (χ3n) is 4.19. The number of hydrogen-bond acceptors (Lipinski definition) is 4. The van der Waals surface area contributed by atoms with E-state index >= 15 is 0 Å². The molecule has 3 rings (SSSR count). The standard InChI is InChI=1S/C18H19N3O3/c22-18(16-3-1-5-17-15(16)4-2-11-19-17)20-12-10-13-6-8-14(9-7-13)21(23)24/h1,3,5-9,19H,2,4,10-12H2,(H,20,22). The van der Waals surface area contributed by atoms with E-state index in [1.165, 1.54) is 12.1 Å². The molecule has 0 saturated carbocycles. The fourth-order valence-corrected chi connectivity index (χ4v) is 2.92. The zero-order valence-corrected chi connectivity index (χ0v) is 13.2. The summed E-state index contributed by atoms with van der Waals surface area (Å²) in [6.45, 7) is 1.44. The van der Waals surface area contributed by atoms with Crippen LogP contribution in [-0.4, -0.2) is 23.9 Å². The average Bonchev–Trinajstić information content (AvgIpc) is 2.61. The molecular weight excluding hydrogens is 306 g/mol. The molecule has 0 atom stereocenters. The van der Waals surface area contributed by atoms with Gasteiger partial charge in [-0.25, -0.2) is 0 Å². The first-order valence-corrected chi connectivity index (χ1v) is 8.02. The summed E-state index contributed by atoms with van der Waals surface area (Å²) in [6, 6.07) is 12.2. The summed E-state index contributed by atoms with van der Waals surface area (Å²) in [6.07, 6.45) is 2.57. The molecule has 0 radical (unpaired) electrons. The summed E-state index contributed by atoms with van der Waals surface area (Å²) in [7, 11) is 0. The van der Waals surface area contributed by atoms with Crippen LogP contribution in [0.3, 0.4) is 0 Å². The van der Waals surface area contributed by atoms with Gasteiger partial charge in [-0.2, -0.15) is 0 Å². The molecule has 0 unspecified atom stereocenters. The van der Waals surface area contributed by atoms with E-state index < -0.39 is 4.92 Å². The minimum absolute atomic E-state index is 0.0718. The van der Waals surface area contributed by atoms with Gasteiger partial charge in [-0.1, -0.05) is 18.2 Å². The number of rotatable bonds is 5. The van der Waals surface area contributed by atoms with Crippen molar-refractivity contribution in [3.8, 4) is 0 Å². The van der Waals surface area contributed by atoms with Crippen molar-refractivity contribution in [3.05, 3.63) is 69.3 Å². The largest absolute Gasteiger partial charge is 0.385 e. The molecule has 0 aromatic heterocycles. The molecule has 24 heavy (non-hydrogen) atoms. The molecule has 1 amide bonds. The highest BCUT2D eigenvalue weighted by Crippen LogP contribution is 2.25.